The molecule has 1 heterocycles. The van der Waals surface area contributed by atoms with Crippen LogP contribution in [0.3, 0.4) is 0 Å². The van der Waals surface area contributed by atoms with Crippen LogP contribution < -0.4 is 0 Å². The first-order valence-electron chi connectivity index (χ1n) is 2.65. The first-order valence-corrected chi connectivity index (χ1v) is 3.03. The summed E-state index contributed by atoms with van der Waals surface area (Å²) in [6.07, 6.45) is 0.811. The van der Waals surface area contributed by atoms with Crippen LogP contribution in [-0.2, 0) is 0 Å². The van der Waals surface area contributed by atoms with Crippen molar-refractivity contribution in [2.24, 2.45) is 0 Å². The molecule has 0 aliphatic heterocycles. The summed E-state index contributed by atoms with van der Waals surface area (Å²) in [7, 11) is 0. The highest BCUT2D eigenvalue weighted by Gasteiger charge is 2.22. The van der Waals surface area contributed by atoms with Gasteiger partial charge >= 0.3 is 11.7 Å². The van der Waals surface area contributed by atoms with Crippen molar-refractivity contribution in [2.45, 2.75) is 0 Å². The predicted molar refractivity (Wildman–Crippen MR) is 36.6 cm³/mol. The molecule has 64 valence electrons. The standard InChI is InChI=1S/C4H2ClN3O4/c5-2-1-7(8(11)12)6-3(2)4(9)10/h1H,(H,9,10). The zero-order valence-corrected chi connectivity index (χ0v) is 6.22. The SMILES string of the molecule is O=C(O)c1nn([N+](=O)[O-])cc1Cl. The predicted octanol–water partition coefficient (Wildman–Crippen LogP) is 0.274. The summed E-state index contributed by atoms with van der Waals surface area (Å²) in [4.78, 5) is 20.6. The van der Waals surface area contributed by atoms with Crippen LogP contribution in [0.2, 0.25) is 5.02 Å². The number of rotatable bonds is 2. The Morgan fingerprint density at radius 3 is 2.67 bits per heavy atom. The van der Waals surface area contributed by atoms with Crippen LogP contribution in [0.4, 0.5) is 0 Å². The molecular weight excluding hydrogens is 190 g/mol. The second-order valence-corrected chi connectivity index (χ2v) is 2.20. The summed E-state index contributed by atoms with van der Waals surface area (Å²) in [5.41, 5.74) is -0.534. The molecule has 0 radical (unpaired) electrons. The summed E-state index contributed by atoms with van der Waals surface area (Å²) in [6, 6.07) is 0. The molecule has 0 saturated carbocycles. The number of aromatic carboxylic acids is 1. The highest BCUT2D eigenvalue weighted by Crippen LogP contribution is 2.12. The molecular formula is C4H2ClN3O4. The highest BCUT2D eigenvalue weighted by atomic mass is 35.5. The summed E-state index contributed by atoms with van der Waals surface area (Å²) in [5, 5.41) is 20.4. The number of nitro groups is 1. The molecule has 7 nitrogen and oxygen atoms in total. The Bertz CT molecular complexity index is 346. The van der Waals surface area contributed by atoms with Gasteiger partial charge in [0, 0.05) is 4.79 Å². The highest BCUT2D eigenvalue weighted by molar-refractivity contribution is 6.33. The maximum atomic E-state index is 10.3. The van der Waals surface area contributed by atoms with Gasteiger partial charge in [0.2, 0.25) is 0 Å². The van der Waals surface area contributed by atoms with Gasteiger partial charge in [-0.1, -0.05) is 11.6 Å². The second-order valence-electron chi connectivity index (χ2n) is 1.79. The van der Waals surface area contributed by atoms with E-state index in [2.05, 4.69) is 5.10 Å². The van der Waals surface area contributed by atoms with Crippen LogP contribution in [0.5, 0.6) is 0 Å². The third-order valence-electron chi connectivity index (χ3n) is 1.03. The molecule has 0 fully saturated rings. The maximum Gasteiger partial charge on any atom is 0.384 e. The van der Waals surface area contributed by atoms with Crippen LogP contribution in [0.25, 0.3) is 0 Å². The van der Waals surface area contributed by atoms with E-state index in [1.807, 2.05) is 0 Å². The molecule has 0 aliphatic rings. The zero-order valence-electron chi connectivity index (χ0n) is 5.47. The number of carbonyl (C=O) groups is 1. The van der Waals surface area contributed by atoms with Gasteiger partial charge in [-0.05, 0) is 0 Å². The quantitative estimate of drug-likeness (QED) is 0.535. The lowest BCUT2D eigenvalue weighted by atomic mass is 10.4. The fourth-order valence-electron chi connectivity index (χ4n) is 0.570. The third-order valence-corrected chi connectivity index (χ3v) is 1.30. The van der Waals surface area contributed by atoms with Gasteiger partial charge in [0.05, 0.1) is 10.1 Å². The molecule has 0 atom stereocenters. The zero-order chi connectivity index (χ0) is 9.30. The van der Waals surface area contributed by atoms with Crippen molar-refractivity contribution in [3.8, 4) is 0 Å². The van der Waals surface area contributed by atoms with Gasteiger partial charge in [-0.15, -0.1) is 0 Å². The van der Waals surface area contributed by atoms with Gasteiger partial charge in [0.1, 0.15) is 11.2 Å². The molecule has 0 unspecified atom stereocenters. The molecule has 0 amide bonds. The van der Waals surface area contributed by atoms with E-state index in [4.69, 9.17) is 16.7 Å². The average Bonchev–Trinajstić information content (AvgIpc) is 2.30. The maximum absolute atomic E-state index is 10.3. The van der Waals surface area contributed by atoms with Gasteiger partial charge in [-0.2, -0.15) is 0 Å². The topological polar surface area (TPSA) is 98.3 Å². The van der Waals surface area contributed by atoms with E-state index >= 15 is 0 Å². The molecule has 1 N–H and O–H groups in total. The van der Waals surface area contributed by atoms with E-state index < -0.39 is 16.7 Å². The lowest BCUT2D eigenvalue weighted by molar-refractivity contribution is -0.552. The second kappa shape index (κ2) is 2.78. The minimum atomic E-state index is -1.40. The monoisotopic (exact) mass is 191 g/mol. The number of carboxylic acids is 1. The molecule has 1 aromatic rings. The smallest absolute Gasteiger partial charge is 0.384 e. The van der Waals surface area contributed by atoms with Gasteiger partial charge in [-0.25, -0.2) is 4.79 Å². The lowest BCUT2D eigenvalue weighted by Gasteiger charge is -1.86. The van der Waals surface area contributed by atoms with E-state index in [1.54, 1.807) is 0 Å². The Morgan fingerprint density at radius 1 is 1.83 bits per heavy atom. The van der Waals surface area contributed by atoms with Crippen molar-refractivity contribution in [1.29, 1.82) is 0 Å². The van der Waals surface area contributed by atoms with Crippen LogP contribution in [0, 0.1) is 10.1 Å². The van der Waals surface area contributed by atoms with Crippen LogP contribution in [-0.4, -0.2) is 26.0 Å². The van der Waals surface area contributed by atoms with Crippen molar-refractivity contribution in [2.75, 3.05) is 0 Å². The molecule has 12 heavy (non-hydrogen) atoms. The van der Waals surface area contributed by atoms with Gasteiger partial charge < -0.3 is 15.2 Å². The third kappa shape index (κ3) is 1.35. The normalized spacial score (nSPS) is 9.75. The molecule has 0 aliphatic carbocycles. The lowest BCUT2D eigenvalue weighted by Crippen LogP contribution is -2.10. The van der Waals surface area contributed by atoms with Crippen molar-refractivity contribution >= 4 is 17.6 Å². The van der Waals surface area contributed by atoms with E-state index in [1.165, 1.54) is 0 Å². The van der Waals surface area contributed by atoms with Crippen molar-refractivity contribution in [3.63, 3.8) is 0 Å². The fraction of sp³-hybridized carbons (Fsp3) is 0. The summed E-state index contributed by atoms with van der Waals surface area (Å²) >= 11 is 5.32. The largest absolute Gasteiger partial charge is 0.475 e. The van der Waals surface area contributed by atoms with E-state index in [9.17, 15) is 14.9 Å². The molecule has 0 aromatic carbocycles. The summed E-state index contributed by atoms with van der Waals surface area (Å²) in [5.74, 6) is -1.40. The fourth-order valence-corrected chi connectivity index (χ4v) is 0.776. The van der Waals surface area contributed by atoms with Gasteiger partial charge in [-0.3, -0.25) is 0 Å². The van der Waals surface area contributed by atoms with Gasteiger partial charge in [0.15, 0.2) is 0 Å². The number of nitrogens with zero attached hydrogens (tertiary/aromatic N) is 3. The van der Waals surface area contributed by atoms with E-state index in [0.717, 1.165) is 6.20 Å². The Balaban J connectivity index is 3.17. The minimum absolute atomic E-state index is 0.242. The first kappa shape index (κ1) is 8.47. The first-order chi connectivity index (χ1) is 5.52. The summed E-state index contributed by atoms with van der Waals surface area (Å²) < 4.78 is 0. The van der Waals surface area contributed by atoms with Crippen molar-refractivity contribution < 1.29 is 14.9 Å². The minimum Gasteiger partial charge on any atom is -0.475 e. The number of hydrogen-bond acceptors (Lipinski definition) is 4. The van der Waals surface area contributed by atoms with E-state index in [-0.39, 0.29) is 9.81 Å². The number of carboxylic acid groups (broad SMARTS) is 1. The molecule has 8 heteroatoms. The Hall–Kier alpha value is -1.63. The van der Waals surface area contributed by atoms with Crippen LogP contribution in [0.1, 0.15) is 10.5 Å². The molecule has 0 saturated heterocycles. The average molecular weight is 192 g/mol. The Kier molecular flexibility index (Phi) is 1.96. The Morgan fingerprint density at radius 2 is 2.42 bits per heavy atom. The van der Waals surface area contributed by atoms with Gasteiger partial charge in [0.25, 0.3) is 0 Å². The Labute approximate surface area is 70.3 Å². The van der Waals surface area contributed by atoms with Crippen molar-refractivity contribution in [1.82, 2.24) is 9.89 Å². The summed E-state index contributed by atoms with van der Waals surface area (Å²) in [6.45, 7) is 0. The molecule has 0 spiro atoms. The number of aromatic nitrogens is 2. The molecule has 1 rings (SSSR count). The van der Waals surface area contributed by atoms with Crippen molar-refractivity contribution in [3.05, 3.63) is 27.0 Å². The molecule has 0 bridgehead atoms. The van der Waals surface area contributed by atoms with E-state index in [0.29, 0.717) is 0 Å². The van der Waals surface area contributed by atoms with Crippen LogP contribution >= 0.6 is 11.6 Å². The number of halogens is 1. The molecule has 1 aromatic heterocycles. The van der Waals surface area contributed by atoms with Crippen LogP contribution in [0.15, 0.2) is 6.20 Å². The number of hydrogen-bond donors (Lipinski definition) is 1.